The van der Waals surface area contributed by atoms with Crippen LogP contribution in [0.15, 0.2) is 48.5 Å². The number of nitrogens with one attached hydrogen (secondary N) is 1. The largest absolute Gasteiger partial charge is 0.497 e. The monoisotopic (exact) mass is 350 g/mol. The van der Waals surface area contributed by atoms with Crippen LogP contribution in [0.25, 0.3) is 5.70 Å². The molecule has 0 bridgehead atoms. The Morgan fingerprint density at radius 1 is 1.23 bits per heavy atom. The Morgan fingerprint density at radius 2 is 2.00 bits per heavy atom. The normalized spacial score (nSPS) is 16.7. The van der Waals surface area contributed by atoms with Crippen LogP contribution in [0.3, 0.4) is 0 Å². The number of allylic oxidation sites excluding steroid dienone is 1. The third-order valence-electron chi connectivity index (χ3n) is 5.34. The summed E-state index contributed by atoms with van der Waals surface area (Å²) in [5, 5.41) is 3.64. The number of methoxy groups -OCH3 is 1. The molecule has 0 aliphatic carbocycles. The summed E-state index contributed by atoms with van der Waals surface area (Å²) >= 11 is 0. The Kier molecular flexibility index (Phi) is 5.03. The van der Waals surface area contributed by atoms with Crippen LogP contribution >= 0.6 is 0 Å². The van der Waals surface area contributed by atoms with E-state index in [-0.39, 0.29) is 11.3 Å². The Labute approximate surface area is 155 Å². The van der Waals surface area contributed by atoms with Crippen molar-refractivity contribution < 1.29 is 9.53 Å². The van der Waals surface area contributed by atoms with Crippen molar-refractivity contribution in [2.45, 2.75) is 38.6 Å². The minimum absolute atomic E-state index is 0.0383. The van der Waals surface area contributed by atoms with Crippen molar-refractivity contribution in [3.8, 4) is 5.75 Å². The molecular weight excluding hydrogens is 324 g/mol. The van der Waals surface area contributed by atoms with E-state index in [0.29, 0.717) is 11.3 Å². The second kappa shape index (κ2) is 7.24. The number of nitrogens with two attached hydrogens (primary N) is 1. The maximum atomic E-state index is 12.8. The highest BCUT2D eigenvalue weighted by Crippen LogP contribution is 2.35. The van der Waals surface area contributed by atoms with Crippen LogP contribution in [0.5, 0.6) is 5.75 Å². The second-order valence-corrected chi connectivity index (χ2v) is 6.86. The van der Waals surface area contributed by atoms with Gasteiger partial charge in [-0.15, -0.1) is 0 Å². The summed E-state index contributed by atoms with van der Waals surface area (Å²) in [6.45, 7) is 4.37. The number of benzene rings is 2. The number of carbonyl (C=O) groups excluding carboxylic acids is 1. The SMILES string of the molecule is CCC1(CC)Cc2ccc(OC)cc2/C(=C/C(=O)c2cccc(N)c2)N1. The van der Waals surface area contributed by atoms with Crippen molar-refractivity contribution in [1.82, 2.24) is 5.32 Å². The fourth-order valence-electron chi connectivity index (χ4n) is 3.55. The van der Waals surface area contributed by atoms with Crippen LogP contribution < -0.4 is 15.8 Å². The van der Waals surface area contributed by atoms with E-state index in [9.17, 15) is 4.79 Å². The Hall–Kier alpha value is -2.75. The van der Waals surface area contributed by atoms with Crippen LogP contribution in [0.1, 0.15) is 48.2 Å². The Balaban J connectivity index is 2.07. The van der Waals surface area contributed by atoms with Gasteiger partial charge in [0.05, 0.1) is 7.11 Å². The fourth-order valence-corrected chi connectivity index (χ4v) is 3.55. The van der Waals surface area contributed by atoms with Crippen molar-refractivity contribution >= 4 is 17.2 Å². The Bertz CT molecular complexity index is 851. The molecule has 4 heteroatoms. The van der Waals surface area contributed by atoms with E-state index in [4.69, 9.17) is 10.5 Å². The quantitative estimate of drug-likeness (QED) is 0.482. The van der Waals surface area contributed by atoms with Gasteiger partial charge in [-0.1, -0.05) is 32.0 Å². The highest BCUT2D eigenvalue weighted by molar-refractivity contribution is 6.09. The smallest absolute Gasteiger partial charge is 0.187 e. The summed E-state index contributed by atoms with van der Waals surface area (Å²) in [7, 11) is 1.65. The number of fused-ring (bicyclic) bond motifs is 1. The number of ketones is 1. The zero-order valence-electron chi connectivity index (χ0n) is 15.6. The zero-order chi connectivity index (χ0) is 18.7. The van der Waals surface area contributed by atoms with Crippen molar-refractivity contribution in [3.63, 3.8) is 0 Å². The minimum atomic E-state index is -0.0587. The van der Waals surface area contributed by atoms with Crippen LogP contribution in [-0.4, -0.2) is 18.4 Å². The lowest BCUT2D eigenvalue weighted by Crippen LogP contribution is -2.48. The van der Waals surface area contributed by atoms with Gasteiger partial charge in [0.15, 0.2) is 5.78 Å². The van der Waals surface area contributed by atoms with Crippen LogP contribution in [0.4, 0.5) is 5.69 Å². The van der Waals surface area contributed by atoms with Crippen molar-refractivity contribution in [2.24, 2.45) is 0 Å². The summed E-state index contributed by atoms with van der Waals surface area (Å²) in [4.78, 5) is 12.8. The molecule has 2 aromatic rings. The minimum Gasteiger partial charge on any atom is -0.497 e. The molecule has 1 heterocycles. The second-order valence-electron chi connectivity index (χ2n) is 6.86. The van der Waals surface area contributed by atoms with E-state index in [0.717, 1.165) is 36.3 Å². The highest BCUT2D eigenvalue weighted by atomic mass is 16.5. The van der Waals surface area contributed by atoms with E-state index in [2.05, 4.69) is 25.2 Å². The molecule has 0 saturated heterocycles. The average Bonchev–Trinajstić information content (AvgIpc) is 2.67. The van der Waals surface area contributed by atoms with E-state index >= 15 is 0 Å². The van der Waals surface area contributed by atoms with Gasteiger partial charge >= 0.3 is 0 Å². The summed E-state index contributed by atoms with van der Waals surface area (Å²) in [5.41, 5.74) is 10.1. The van der Waals surface area contributed by atoms with Gasteiger partial charge in [0.1, 0.15) is 5.75 Å². The molecule has 26 heavy (non-hydrogen) atoms. The molecular formula is C22H26N2O2. The van der Waals surface area contributed by atoms with Gasteiger partial charge in [-0.25, -0.2) is 0 Å². The zero-order valence-corrected chi connectivity index (χ0v) is 15.6. The molecule has 0 amide bonds. The maximum Gasteiger partial charge on any atom is 0.187 e. The predicted octanol–water partition coefficient (Wildman–Crippen LogP) is 4.21. The number of hydrogen-bond acceptors (Lipinski definition) is 4. The lowest BCUT2D eigenvalue weighted by atomic mass is 9.79. The number of hydrogen-bond donors (Lipinski definition) is 2. The number of rotatable bonds is 5. The fraction of sp³-hybridized carbons (Fsp3) is 0.318. The maximum absolute atomic E-state index is 12.8. The van der Waals surface area contributed by atoms with Crippen LogP contribution in [0.2, 0.25) is 0 Å². The molecule has 136 valence electrons. The molecule has 0 saturated carbocycles. The molecule has 4 nitrogen and oxygen atoms in total. The molecule has 3 N–H and O–H groups in total. The molecule has 3 rings (SSSR count). The van der Waals surface area contributed by atoms with Crippen molar-refractivity contribution in [2.75, 3.05) is 12.8 Å². The summed E-state index contributed by atoms with van der Waals surface area (Å²) in [5.74, 6) is 0.727. The molecule has 0 radical (unpaired) electrons. The van der Waals surface area contributed by atoms with Gasteiger partial charge in [-0.3, -0.25) is 4.79 Å². The molecule has 0 spiro atoms. The number of ether oxygens (including phenoxy) is 1. The lowest BCUT2D eigenvalue weighted by molar-refractivity contribution is 0.104. The van der Waals surface area contributed by atoms with Gasteiger partial charge in [-0.2, -0.15) is 0 Å². The lowest BCUT2D eigenvalue weighted by Gasteiger charge is -2.40. The van der Waals surface area contributed by atoms with Gasteiger partial charge in [0, 0.05) is 34.1 Å². The van der Waals surface area contributed by atoms with Gasteiger partial charge < -0.3 is 15.8 Å². The molecule has 0 atom stereocenters. The van der Waals surface area contributed by atoms with Crippen molar-refractivity contribution in [3.05, 3.63) is 65.2 Å². The third-order valence-corrected chi connectivity index (χ3v) is 5.34. The first-order valence-corrected chi connectivity index (χ1v) is 9.07. The van der Waals surface area contributed by atoms with Gasteiger partial charge in [0.2, 0.25) is 0 Å². The van der Waals surface area contributed by atoms with E-state index < -0.39 is 0 Å². The average molecular weight is 350 g/mol. The molecule has 0 unspecified atom stereocenters. The number of anilines is 1. The molecule has 1 aliphatic rings. The molecule has 0 fully saturated rings. The first-order chi connectivity index (χ1) is 12.5. The topological polar surface area (TPSA) is 64.3 Å². The molecule has 0 aromatic heterocycles. The van der Waals surface area contributed by atoms with Gasteiger partial charge in [0.25, 0.3) is 0 Å². The van der Waals surface area contributed by atoms with Crippen LogP contribution in [-0.2, 0) is 6.42 Å². The number of nitrogen functional groups attached to an aromatic ring is 1. The van der Waals surface area contributed by atoms with Crippen molar-refractivity contribution in [1.29, 1.82) is 0 Å². The standard InChI is InChI=1S/C22H26N2O2/c1-4-22(5-2)14-16-9-10-18(26-3)12-19(16)20(24-22)13-21(25)15-7-6-8-17(23)11-15/h6-13,24H,4-5,14,23H2,1-3H3/b20-13-. The molecule has 2 aromatic carbocycles. The van der Waals surface area contributed by atoms with Gasteiger partial charge in [-0.05, 0) is 49.1 Å². The predicted molar refractivity (Wildman–Crippen MR) is 106 cm³/mol. The molecule has 1 aliphatic heterocycles. The summed E-state index contributed by atoms with van der Waals surface area (Å²) in [6, 6.07) is 13.2. The highest BCUT2D eigenvalue weighted by Gasteiger charge is 2.33. The third kappa shape index (κ3) is 3.45. The first kappa shape index (κ1) is 18.1. The summed E-state index contributed by atoms with van der Waals surface area (Å²) in [6.07, 6.45) is 4.59. The van der Waals surface area contributed by atoms with Crippen LogP contribution in [0, 0.1) is 0 Å². The van der Waals surface area contributed by atoms with E-state index in [1.807, 2.05) is 12.1 Å². The Morgan fingerprint density at radius 3 is 2.65 bits per heavy atom. The summed E-state index contributed by atoms with van der Waals surface area (Å²) < 4.78 is 5.38. The number of carbonyl (C=O) groups is 1. The van der Waals surface area contributed by atoms with E-state index in [1.165, 1.54) is 5.56 Å². The first-order valence-electron chi connectivity index (χ1n) is 9.07. The van der Waals surface area contributed by atoms with E-state index in [1.54, 1.807) is 37.5 Å².